The lowest BCUT2D eigenvalue weighted by molar-refractivity contribution is -0.142. The number of carbonyl (C=O) groups excluding carboxylic acids is 3. The zero-order valence-corrected chi connectivity index (χ0v) is 23.0. The predicted molar refractivity (Wildman–Crippen MR) is 152 cm³/mol. The lowest BCUT2D eigenvalue weighted by atomic mass is 9.98. The summed E-state index contributed by atoms with van der Waals surface area (Å²) in [4.78, 5) is 54.1. The van der Waals surface area contributed by atoms with Crippen molar-refractivity contribution in [2.24, 2.45) is 11.7 Å². The quantitative estimate of drug-likeness (QED) is 0.138. The maximum Gasteiger partial charge on any atom is 0.326 e. The number of carboxylic acid groups (broad SMARTS) is 1. The van der Waals surface area contributed by atoms with Crippen molar-refractivity contribution in [3.63, 3.8) is 0 Å². The summed E-state index contributed by atoms with van der Waals surface area (Å²) in [5.74, 6) is -3.67. The summed E-state index contributed by atoms with van der Waals surface area (Å²) in [5, 5.41) is 37.5. The number of phenolic OH excluding ortho intramolecular Hbond substituents is 1. The Balaban J connectivity index is 1.73. The summed E-state index contributed by atoms with van der Waals surface area (Å²) in [5.41, 5.74) is 8.14. The van der Waals surface area contributed by atoms with Gasteiger partial charge in [0.2, 0.25) is 17.7 Å². The summed E-state index contributed by atoms with van der Waals surface area (Å²) in [6, 6.07) is 8.45. The molecule has 0 aliphatic heterocycles. The van der Waals surface area contributed by atoms with Crippen LogP contribution in [-0.2, 0) is 32.0 Å². The van der Waals surface area contributed by atoms with Crippen molar-refractivity contribution in [2.45, 2.75) is 57.3 Å². The highest BCUT2D eigenvalue weighted by atomic mass is 16.4. The van der Waals surface area contributed by atoms with Crippen LogP contribution in [-0.4, -0.2) is 74.8 Å². The van der Waals surface area contributed by atoms with E-state index in [1.54, 1.807) is 25.3 Å². The molecular weight excluding hydrogens is 530 g/mol. The summed E-state index contributed by atoms with van der Waals surface area (Å²) in [6.07, 6.45) is 2.27. The molecule has 3 amide bonds. The standard InChI is InChI=1S/C29H37N5O7/c1-3-16(2)25(30)28(39)32-22(12-17-8-10-19(36)11-9-17)26(37)34-24(15-35)27(38)33-23(29(40)41)13-18-14-31-21-7-5-4-6-20(18)21/h4-11,14,16,22-25,31,35-36H,3,12-13,15,30H2,1-2H3,(H,32,39)(H,33,38)(H,34,37)(H,40,41). The van der Waals surface area contributed by atoms with E-state index in [9.17, 15) is 34.5 Å². The summed E-state index contributed by atoms with van der Waals surface area (Å²) >= 11 is 0. The number of nitrogens with one attached hydrogen (secondary N) is 4. The fraction of sp³-hybridized carbons (Fsp3) is 0.379. The van der Waals surface area contributed by atoms with Crippen LogP contribution in [0, 0.1) is 5.92 Å². The highest BCUT2D eigenvalue weighted by molar-refractivity contribution is 5.94. The van der Waals surface area contributed by atoms with Gasteiger partial charge in [-0.05, 0) is 35.2 Å². The molecule has 5 unspecified atom stereocenters. The highest BCUT2D eigenvalue weighted by Gasteiger charge is 2.31. The van der Waals surface area contributed by atoms with E-state index in [2.05, 4.69) is 20.9 Å². The number of hydrogen-bond acceptors (Lipinski definition) is 7. The Bertz CT molecular complexity index is 1360. The minimum Gasteiger partial charge on any atom is -0.508 e. The van der Waals surface area contributed by atoms with E-state index < -0.39 is 54.5 Å². The molecule has 2 aromatic carbocycles. The number of fused-ring (bicyclic) bond motifs is 1. The molecule has 0 radical (unpaired) electrons. The summed E-state index contributed by atoms with van der Waals surface area (Å²) in [6.45, 7) is 2.87. The molecule has 3 aromatic rings. The minimum atomic E-state index is -1.49. The zero-order chi connectivity index (χ0) is 30.1. The van der Waals surface area contributed by atoms with Gasteiger partial charge < -0.3 is 42.0 Å². The number of aliphatic hydroxyl groups is 1. The molecular formula is C29H37N5O7. The maximum absolute atomic E-state index is 13.3. The van der Waals surface area contributed by atoms with Gasteiger partial charge in [-0.2, -0.15) is 0 Å². The molecule has 9 N–H and O–H groups in total. The third-order valence-corrected chi connectivity index (χ3v) is 7.10. The molecule has 0 aliphatic rings. The number of aliphatic hydroxyl groups excluding tert-OH is 1. The average Bonchev–Trinajstić information content (AvgIpc) is 3.37. The largest absolute Gasteiger partial charge is 0.508 e. The number of H-pyrrole nitrogens is 1. The number of benzene rings is 2. The van der Waals surface area contributed by atoms with E-state index in [4.69, 9.17) is 5.73 Å². The summed E-state index contributed by atoms with van der Waals surface area (Å²) in [7, 11) is 0. The van der Waals surface area contributed by atoms with Gasteiger partial charge in [-0.3, -0.25) is 14.4 Å². The second-order valence-electron chi connectivity index (χ2n) is 10.0. The predicted octanol–water partition coefficient (Wildman–Crippen LogP) is 0.563. The Kier molecular flexibility index (Phi) is 10.8. The molecule has 0 fully saturated rings. The molecule has 5 atom stereocenters. The molecule has 0 bridgehead atoms. The molecule has 12 nitrogen and oxygen atoms in total. The number of aromatic nitrogens is 1. The van der Waals surface area contributed by atoms with Crippen LogP contribution in [0.3, 0.4) is 0 Å². The summed E-state index contributed by atoms with van der Waals surface area (Å²) < 4.78 is 0. The number of aliphatic carboxylic acids is 1. The monoisotopic (exact) mass is 567 g/mol. The van der Waals surface area contributed by atoms with E-state index in [0.717, 1.165) is 10.9 Å². The fourth-order valence-corrected chi connectivity index (χ4v) is 4.32. The first-order chi connectivity index (χ1) is 19.5. The molecule has 0 spiro atoms. The van der Waals surface area contributed by atoms with E-state index >= 15 is 0 Å². The Morgan fingerprint density at radius 3 is 2.12 bits per heavy atom. The first-order valence-corrected chi connectivity index (χ1v) is 13.4. The molecule has 12 heteroatoms. The molecule has 1 heterocycles. The second kappa shape index (κ2) is 14.3. The minimum absolute atomic E-state index is 0.00314. The van der Waals surface area contributed by atoms with Gasteiger partial charge in [0.1, 0.15) is 23.9 Å². The molecule has 0 aliphatic carbocycles. The van der Waals surface area contributed by atoms with Crippen molar-refractivity contribution in [1.82, 2.24) is 20.9 Å². The van der Waals surface area contributed by atoms with Crippen molar-refractivity contribution in [3.05, 3.63) is 65.9 Å². The average molecular weight is 568 g/mol. The topological polar surface area (TPSA) is 207 Å². The van der Waals surface area contributed by atoms with Gasteiger partial charge in [0, 0.05) is 29.9 Å². The lowest BCUT2D eigenvalue weighted by Gasteiger charge is -2.25. The van der Waals surface area contributed by atoms with E-state index in [1.807, 2.05) is 31.2 Å². The third kappa shape index (κ3) is 8.29. The Hall–Kier alpha value is -4.42. The van der Waals surface area contributed by atoms with Crippen molar-refractivity contribution >= 4 is 34.6 Å². The first kappa shape index (κ1) is 31.1. The number of carboxylic acids is 1. The number of rotatable bonds is 14. The van der Waals surface area contributed by atoms with Crippen molar-refractivity contribution < 1.29 is 34.5 Å². The van der Waals surface area contributed by atoms with Gasteiger partial charge in [-0.15, -0.1) is 0 Å². The number of phenols is 1. The van der Waals surface area contributed by atoms with Gasteiger partial charge in [0.05, 0.1) is 12.6 Å². The smallest absolute Gasteiger partial charge is 0.326 e. The molecule has 0 saturated carbocycles. The van der Waals surface area contributed by atoms with E-state index in [1.165, 1.54) is 12.1 Å². The van der Waals surface area contributed by atoms with Crippen molar-refractivity contribution in [2.75, 3.05) is 6.61 Å². The Labute approximate surface area is 237 Å². The number of aromatic amines is 1. The van der Waals surface area contributed by atoms with Crippen LogP contribution in [0.25, 0.3) is 10.9 Å². The van der Waals surface area contributed by atoms with Crippen LogP contribution >= 0.6 is 0 Å². The number of hydrogen-bond donors (Lipinski definition) is 8. The van der Waals surface area contributed by atoms with Gasteiger partial charge in [0.15, 0.2) is 0 Å². The van der Waals surface area contributed by atoms with Gasteiger partial charge in [-0.1, -0.05) is 50.6 Å². The Morgan fingerprint density at radius 1 is 0.878 bits per heavy atom. The van der Waals surface area contributed by atoms with E-state index in [-0.39, 0.29) is 24.5 Å². The molecule has 1 aromatic heterocycles. The lowest BCUT2D eigenvalue weighted by Crippen LogP contribution is -2.59. The maximum atomic E-state index is 13.3. The van der Waals surface area contributed by atoms with Gasteiger partial charge in [0.25, 0.3) is 0 Å². The number of nitrogens with two attached hydrogens (primary N) is 1. The molecule has 220 valence electrons. The highest BCUT2D eigenvalue weighted by Crippen LogP contribution is 2.19. The molecule has 0 saturated heterocycles. The van der Waals surface area contributed by atoms with Crippen LogP contribution < -0.4 is 21.7 Å². The number of amides is 3. The normalized spacial score (nSPS) is 14.8. The third-order valence-electron chi connectivity index (χ3n) is 7.10. The van der Waals surface area contributed by atoms with Crippen molar-refractivity contribution in [3.8, 4) is 5.75 Å². The Morgan fingerprint density at radius 2 is 1.49 bits per heavy atom. The van der Waals surface area contributed by atoms with Crippen LogP contribution in [0.15, 0.2) is 54.7 Å². The SMILES string of the molecule is CCC(C)C(N)C(=O)NC(Cc1ccc(O)cc1)C(=O)NC(CO)C(=O)NC(Cc1c[nH]c2ccccc12)C(=O)O. The zero-order valence-electron chi connectivity index (χ0n) is 23.0. The van der Waals surface area contributed by atoms with Crippen LogP contribution in [0.5, 0.6) is 5.75 Å². The van der Waals surface area contributed by atoms with Crippen LogP contribution in [0.1, 0.15) is 31.4 Å². The molecule has 3 rings (SSSR count). The van der Waals surface area contributed by atoms with Crippen LogP contribution in [0.4, 0.5) is 0 Å². The van der Waals surface area contributed by atoms with Gasteiger partial charge >= 0.3 is 5.97 Å². The van der Waals surface area contributed by atoms with Crippen LogP contribution in [0.2, 0.25) is 0 Å². The number of para-hydroxylation sites is 1. The first-order valence-electron chi connectivity index (χ1n) is 13.4. The van der Waals surface area contributed by atoms with E-state index in [0.29, 0.717) is 17.5 Å². The molecule has 41 heavy (non-hydrogen) atoms. The fourth-order valence-electron chi connectivity index (χ4n) is 4.32. The van der Waals surface area contributed by atoms with Crippen molar-refractivity contribution in [1.29, 1.82) is 0 Å². The number of carbonyl (C=O) groups is 4. The van der Waals surface area contributed by atoms with Gasteiger partial charge in [-0.25, -0.2) is 4.79 Å². The number of aromatic hydroxyl groups is 1. The second-order valence-corrected chi connectivity index (χ2v) is 10.0.